The summed E-state index contributed by atoms with van der Waals surface area (Å²) in [5.74, 6) is 1.49. The van der Waals surface area contributed by atoms with Crippen LogP contribution in [-0.4, -0.2) is 35.0 Å². The van der Waals surface area contributed by atoms with Crippen LogP contribution in [0.3, 0.4) is 0 Å². The molecule has 2 aromatic rings. The molecule has 4 rings (SSSR count). The highest BCUT2D eigenvalue weighted by atomic mass is 16.2. The molecule has 2 aliphatic rings. The highest BCUT2D eigenvalue weighted by Gasteiger charge is 2.31. The van der Waals surface area contributed by atoms with Crippen LogP contribution in [0.1, 0.15) is 25.7 Å². The molecule has 0 radical (unpaired) electrons. The number of nitrogens with one attached hydrogen (secondary N) is 1. The summed E-state index contributed by atoms with van der Waals surface area (Å²) >= 11 is 0. The first kappa shape index (κ1) is 13.5. The maximum absolute atomic E-state index is 11.8. The number of para-hydroxylation sites is 2. The van der Waals surface area contributed by atoms with Crippen LogP contribution in [-0.2, 0) is 4.79 Å². The van der Waals surface area contributed by atoms with Gasteiger partial charge in [-0.15, -0.1) is 0 Å². The van der Waals surface area contributed by atoms with E-state index >= 15 is 0 Å². The average molecular weight is 296 g/mol. The predicted molar refractivity (Wildman–Crippen MR) is 85.6 cm³/mol. The third-order valence-electron chi connectivity index (χ3n) is 4.55. The Morgan fingerprint density at radius 2 is 1.82 bits per heavy atom. The lowest BCUT2D eigenvalue weighted by Crippen LogP contribution is -2.45. The minimum atomic E-state index is 0.254. The lowest BCUT2D eigenvalue weighted by Gasteiger charge is -2.33. The number of nitrogens with zero attached hydrogens (tertiary/aromatic N) is 3. The zero-order chi connectivity index (χ0) is 14.9. The highest BCUT2D eigenvalue weighted by Crippen LogP contribution is 2.29. The monoisotopic (exact) mass is 296 g/mol. The van der Waals surface area contributed by atoms with Crippen LogP contribution in [0.15, 0.2) is 30.5 Å². The van der Waals surface area contributed by atoms with E-state index in [-0.39, 0.29) is 5.91 Å². The van der Waals surface area contributed by atoms with Crippen molar-refractivity contribution in [2.24, 2.45) is 5.92 Å². The van der Waals surface area contributed by atoms with Crippen LogP contribution >= 0.6 is 0 Å². The van der Waals surface area contributed by atoms with E-state index in [4.69, 9.17) is 4.98 Å². The van der Waals surface area contributed by atoms with Gasteiger partial charge in [-0.1, -0.05) is 12.1 Å². The molecule has 22 heavy (non-hydrogen) atoms. The SMILES string of the molecule is O=C(NC1CCN(c2cnc3ccccc3n2)CC1)C1CC1. The molecular formula is C17H20N4O. The summed E-state index contributed by atoms with van der Waals surface area (Å²) in [6.45, 7) is 1.84. The third kappa shape index (κ3) is 2.75. The minimum absolute atomic E-state index is 0.254. The molecule has 5 nitrogen and oxygen atoms in total. The molecule has 1 aliphatic carbocycles. The summed E-state index contributed by atoms with van der Waals surface area (Å²) in [7, 11) is 0. The zero-order valence-electron chi connectivity index (χ0n) is 12.5. The summed E-state index contributed by atoms with van der Waals surface area (Å²) in [5.41, 5.74) is 1.86. The third-order valence-corrected chi connectivity index (χ3v) is 4.55. The first-order valence-electron chi connectivity index (χ1n) is 8.07. The zero-order valence-corrected chi connectivity index (χ0v) is 12.5. The van der Waals surface area contributed by atoms with E-state index in [1.807, 2.05) is 30.5 Å². The summed E-state index contributed by atoms with van der Waals surface area (Å²) in [4.78, 5) is 23.3. The van der Waals surface area contributed by atoms with Gasteiger partial charge in [0, 0.05) is 25.0 Å². The largest absolute Gasteiger partial charge is 0.355 e. The molecule has 114 valence electrons. The molecule has 1 aromatic carbocycles. The van der Waals surface area contributed by atoms with Gasteiger partial charge >= 0.3 is 0 Å². The molecule has 1 saturated carbocycles. The van der Waals surface area contributed by atoms with Crippen molar-refractivity contribution >= 4 is 22.8 Å². The van der Waals surface area contributed by atoms with E-state index in [1.165, 1.54) is 0 Å². The van der Waals surface area contributed by atoms with E-state index in [0.717, 1.165) is 55.6 Å². The predicted octanol–water partition coefficient (Wildman–Crippen LogP) is 2.12. The molecule has 2 heterocycles. The van der Waals surface area contributed by atoms with Gasteiger partial charge in [0.15, 0.2) is 0 Å². The van der Waals surface area contributed by atoms with Crippen LogP contribution in [0, 0.1) is 5.92 Å². The van der Waals surface area contributed by atoms with Gasteiger partial charge < -0.3 is 10.2 Å². The fourth-order valence-electron chi connectivity index (χ4n) is 3.02. The van der Waals surface area contributed by atoms with E-state index in [9.17, 15) is 4.79 Å². The van der Waals surface area contributed by atoms with Crippen LogP contribution in [0.4, 0.5) is 5.82 Å². The molecule has 5 heteroatoms. The Labute approximate surface area is 129 Å². The number of carbonyl (C=O) groups is 1. The molecule has 1 aromatic heterocycles. The molecule has 1 aliphatic heterocycles. The fraction of sp³-hybridized carbons (Fsp3) is 0.471. The van der Waals surface area contributed by atoms with Gasteiger partial charge in [-0.3, -0.25) is 9.78 Å². The molecule has 1 saturated heterocycles. The van der Waals surface area contributed by atoms with Crippen LogP contribution in [0.2, 0.25) is 0 Å². The Kier molecular flexibility index (Phi) is 3.41. The van der Waals surface area contributed by atoms with Crippen molar-refractivity contribution < 1.29 is 4.79 Å². The molecule has 0 bridgehead atoms. The van der Waals surface area contributed by atoms with Gasteiger partial charge in [-0.2, -0.15) is 0 Å². The standard InChI is InChI=1S/C17H20N4O/c22-17(12-5-6-12)19-13-7-9-21(10-8-13)16-11-18-14-3-1-2-4-15(14)20-16/h1-4,11-13H,5-10H2,(H,19,22). The van der Waals surface area contributed by atoms with E-state index in [1.54, 1.807) is 0 Å². The Morgan fingerprint density at radius 3 is 2.55 bits per heavy atom. The fourth-order valence-corrected chi connectivity index (χ4v) is 3.02. The quantitative estimate of drug-likeness (QED) is 0.942. The van der Waals surface area contributed by atoms with Crippen LogP contribution < -0.4 is 10.2 Å². The number of anilines is 1. The average Bonchev–Trinajstić information content (AvgIpc) is 3.40. The lowest BCUT2D eigenvalue weighted by atomic mass is 10.0. The number of fused-ring (bicyclic) bond motifs is 1. The van der Waals surface area contributed by atoms with Crippen molar-refractivity contribution in [3.63, 3.8) is 0 Å². The Balaban J connectivity index is 1.40. The number of amides is 1. The van der Waals surface area contributed by atoms with E-state index < -0.39 is 0 Å². The van der Waals surface area contributed by atoms with Gasteiger partial charge in [0.2, 0.25) is 5.91 Å². The van der Waals surface area contributed by atoms with Crippen molar-refractivity contribution in [3.05, 3.63) is 30.5 Å². The van der Waals surface area contributed by atoms with Gasteiger partial charge in [-0.05, 0) is 37.8 Å². The topological polar surface area (TPSA) is 58.1 Å². The first-order chi connectivity index (χ1) is 10.8. The molecule has 0 spiro atoms. The highest BCUT2D eigenvalue weighted by molar-refractivity contribution is 5.81. The Bertz CT molecular complexity index is 690. The number of rotatable bonds is 3. The molecule has 0 unspecified atom stereocenters. The second-order valence-electron chi connectivity index (χ2n) is 6.26. The molecule has 0 atom stereocenters. The van der Waals surface area contributed by atoms with Crippen molar-refractivity contribution in [2.45, 2.75) is 31.7 Å². The molecule has 2 fully saturated rings. The molecule has 1 amide bonds. The van der Waals surface area contributed by atoms with Gasteiger partial charge in [-0.25, -0.2) is 4.98 Å². The van der Waals surface area contributed by atoms with Crippen molar-refractivity contribution in [1.29, 1.82) is 0 Å². The number of hydrogen-bond acceptors (Lipinski definition) is 4. The first-order valence-corrected chi connectivity index (χ1v) is 8.07. The van der Waals surface area contributed by atoms with Crippen molar-refractivity contribution in [1.82, 2.24) is 15.3 Å². The van der Waals surface area contributed by atoms with Crippen LogP contribution in [0.25, 0.3) is 11.0 Å². The number of hydrogen-bond donors (Lipinski definition) is 1. The van der Waals surface area contributed by atoms with Gasteiger partial charge in [0.25, 0.3) is 0 Å². The Morgan fingerprint density at radius 1 is 1.09 bits per heavy atom. The number of carbonyl (C=O) groups excluding carboxylic acids is 1. The summed E-state index contributed by atoms with van der Waals surface area (Å²) in [6.07, 6.45) is 5.94. The summed E-state index contributed by atoms with van der Waals surface area (Å²) < 4.78 is 0. The van der Waals surface area contributed by atoms with Gasteiger partial charge in [0.05, 0.1) is 17.2 Å². The number of benzene rings is 1. The van der Waals surface area contributed by atoms with Crippen molar-refractivity contribution in [2.75, 3.05) is 18.0 Å². The lowest BCUT2D eigenvalue weighted by molar-refractivity contribution is -0.123. The van der Waals surface area contributed by atoms with E-state index in [0.29, 0.717) is 12.0 Å². The maximum atomic E-state index is 11.8. The van der Waals surface area contributed by atoms with Crippen LogP contribution in [0.5, 0.6) is 0 Å². The summed E-state index contributed by atoms with van der Waals surface area (Å²) in [5, 5.41) is 3.18. The summed E-state index contributed by atoms with van der Waals surface area (Å²) in [6, 6.07) is 8.25. The molecular weight excluding hydrogens is 276 g/mol. The minimum Gasteiger partial charge on any atom is -0.355 e. The van der Waals surface area contributed by atoms with E-state index in [2.05, 4.69) is 15.2 Å². The van der Waals surface area contributed by atoms with Gasteiger partial charge in [0.1, 0.15) is 5.82 Å². The number of aromatic nitrogens is 2. The normalized spacial score (nSPS) is 19.4. The molecule has 1 N–H and O–H groups in total. The smallest absolute Gasteiger partial charge is 0.223 e. The second kappa shape index (κ2) is 5.55. The van der Waals surface area contributed by atoms with Crippen molar-refractivity contribution in [3.8, 4) is 0 Å². The maximum Gasteiger partial charge on any atom is 0.223 e. The Hall–Kier alpha value is -2.17. The second-order valence-corrected chi connectivity index (χ2v) is 6.26. The number of piperidine rings is 1.